The number of aryl methyl sites for hydroxylation is 4. The van der Waals surface area contributed by atoms with Gasteiger partial charge >= 0.3 is 0 Å². The highest BCUT2D eigenvalue weighted by molar-refractivity contribution is 6.31. The quantitative estimate of drug-likeness (QED) is 0.785. The lowest BCUT2D eigenvalue weighted by molar-refractivity contribution is 0.470. The predicted molar refractivity (Wildman–Crippen MR) is 81.3 cm³/mol. The van der Waals surface area contributed by atoms with Gasteiger partial charge in [0.1, 0.15) is 0 Å². The molecule has 0 radical (unpaired) electrons. The fraction of sp³-hybridized carbons (Fsp3) is 0.385. The van der Waals surface area contributed by atoms with Crippen LogP contribution in [0.2, 0.25) is 5.02 Å². The lowest BCUT2D eigenvalue weighted by Crippen LogP contribution is -2.05. The van der Waals surface area contributed by atoms with Crippen LogP contribution in [-0.2, 0) is 20.0 Å². The zero-order valence-corrected chi connectivity index (χ0v) is 13.3. The van der Waals surface area contributed by atoms with Crippen molar-refractivity contribution in [3.8, 4) is 11.6 Å². The Labute approximate surface area is 131 Å². The van der Waals surface area contributed by atoms with Crippen molar-refractivity contribution < 1.29 is 4.42 Å². The standard InChI is InChI=1S/C13H16ClN7O/c1-7-11(14)8(2)21(18-7)5-4-10-16-17-13(22-10)12-9(15)6-20(3)19-12/h6H,4-5,15H2,1-3H3. The van der Waals surface area contributed by atoms with Crippen LogP contribution in [0.15, 0.2) is 10.6 Å². The van der Waals surface area contributed by atoms with E-state index in [2.05, 4.69) is 20.4 Å². The number of nitrogen functional groups attached to an aromatic ring is 1. The number of nitrogens with zero attached hydrogens (tertiary/aromatic N) is 6. The molecule has 0 spiro atoms. The number of hydrogen-bond donors (Lipinski definition) is 1. The molecule has 3 rings (SSSR count). The third-order valence-corrected chi connectivity index (χ3v) is 3.90. The predicted octanol–water partition coefficient (Wildman–Crippen LogP) is 1.76. The maximum Gasteiger partial charge on any atom is 0.270 e. The Bertz CT molecular complexity index is 817. The minimum atomic E-state index is 0.319. The van der Waals surface area contributed by atoms with Crippen LogP contribution in [0, 0.1) is 13.8 Å². The third-order valence-electron chi connectivity index (χ3n) is 3.36. The molecule has 0 aliphatic carbocycles. The van der Waals surface area contributed by atoms with Crippen LogP contribution in [0.4, 0.5) is 5.69 Å². The van der Waals surface area contributed by atoms with Gasteiger partial charge in [-0.3, -0.25) is 9.36 Å². The van der Waals surface area contributed by atoms with Gasteiger partial charge in [-0.15, -0.1) is 10.2 Å². The lowest BCUT2D eigenvalue weighted by Gasteiger charge is -2.01. The summed E-state index contributed by atoms with van der Waals surface area (Å²) in [5, 5.41) is 17.3. The van der Waals surface area contributed by atoms with Gasteiger partial charge in [-0.05, 0) is 13.8 Å². The van der Waals surface area contributed by atoms with E-state index >= 15 is 0 Å². The fourth-order valence-electron chi connectivity index (χ4n) is 2.22. The number of anilines is 1. The van der Waals surface area contributed by atoms with Gasteiger partial charge in [0.25, 0.3) is 5.89 Å². The number of hydrogen-bond acceptors (Lipinski definition) is 6. The third kappa shape index (κ3) is 2.57. The van der Waals surface area contributed by atoms with Crippen molar-refractivity contribution in [1.29, 1.82) is 0 Å². The Morgan fingerprint density at radius 2 is 2.05 bits per heavy atom. The maximum atomic E-state index is 6.12. The molecule has 3 aromatic rings. The molecule has 3 heterocycles. The molecule has 0 aliphatic rings. The zero-order valence-electron chi connectivity index (χ0n) is 12.5. The summed E-state index contributed by atoms with van der Waals surface area (Å²) in [7, 11) is 1.78. The Balaban J connectivity index is 1.75. The summed E-state index contributed by atoms with van der Waals surface area (Å²) in [6, 6.07) is 0. The van der Waals surface area contributed by atoms with E-state index in [1.54, 1.807) is 17.9 Å². The van der Waals surface area contributed by atoms with Crippen LogP contribution >= 0.6 is 11.6 Å². The smallest absolute Gasteiger partial charge is 0.270 e. The largest absolute Gasteiger partial charge is 0.419 e. The van der Waals surface area contributed by atoms with Crippen molar-refractivity contribution in [2.24, 2.45) is 7.05 Å². The first kappa shape index (κ1) is 14.6. The van der Waals surface area contributed by atoms with E-state index in [1.807, 2.05) is 18.5 Å². The molecule has 22 heavy (non-hydrogen) atoms. The van der Waals surface area contributed by atoms with Gasteiger partial charge in [-0.25, -0.2) is 0 Å². The highest BCUT2D eigenvalue weighted by atomic mass is 35.5. The summed E-state index contributed by atoms with van der Waals surface area (Å²) >= 11 is 6.12. The Morgan fingerprint density at radius 1 is 1.27 bits per heavy atom. The average Bonchev–Trinajstić information content (AvgIpc) is 3.12. The van der Waals surface area contributed by atoms with Crippen molar-refractivity contribution in [3.05, 3.63) is 28.5 Å². The van der Waals surface area contributed by atoms with E-state index in [1.165, 1.54) is 0 Å². The molecule has 0 saturated heterocycles. The summed E-state index contributed by atoms with van der Waals surface area (Å²) in [5.41, 5.74) is 8.58. The van der Waals surface area contributed by atoms with Gasteiger partial charge in [0.2, 0.25) is 5.89 Å². The molecular formula is C13H16ClN7O. The maximum absolute atomic E-state index is 6.12. The Kier molecular flexibility index (Phi) is 3.61. The minimum absolute atomic E-state index is 0.319. The molecule has 8 nitrogen and oxygen atoms in total. The van der Waals surface area contributed by atoms with Crippen LogP contribution in [0.1, 0.15) is 17.3 Å². The number of aromatic nitrogens is 6. The van der Waals surface area contributed by atoms with Crippen LogP contribution in [0.25, 0.3) is 11.6 Å². The molecule has 0 bridgehead atoms. The molecular weight excluding hydrogens is 306 g/mol. The zero-order chi connectivity index (χ0) is 15.9. The summed E-state index contributed by atoms with van der Waals surface area (Å²) in [6.45, 7) is 4.41. The molecule has 0 aromatic carbocycles. The fourth-order valence-corrected chi connectivity index (χ4v) is 2.35. The summed E-state index contributed by atoms with van der Waals surface area (Å²) in [4.78, 5) is 0. The second-order valence-electron chi connectivity index (χ2n) is 5.07. The molecule has 116 valence electrons. The minimum Gasteiger partial charge on any atom is -0.419 e. The summed E-state index contributed by atoms with van der Waals surface area (Å²) in [6.07, 6.45) is 2.25. The van der Waals surface area contributed by atoms with E-state index in [0.717, 1.165) is 11.4 Å². The normalized spacial score (nSPS) is 11.3. The molecule has 9 heteroatoms. The van der Waals surface area contributed by atoms with Crippen LogP contribution in [-0.4, -0.2) is 29.8 Å². The first-order chi connectivity index (χ1) is 10.5. The van der Waals surface area contributed by atoms with Crippen molar-refractivity contribution in [2.75, 3.05) is 5.73 Å². The lowest BCUT2D eigenvalue weighted by atomic mass is 10.4. The molecule has 0 unspecified atom stereocenters. The van der Waals surface area contributed by atoms with E-state index in [4.69, 9.17) is 21.8 Å². The molecule has 0 fully saturated rings. The second-order valence-corrected chi connectivity index (χ2v) is 5.44. The van der Waals surface area contributed by atoms with E-state index in [9.17, 15) is 0 Å². The van der Waals surface area contributed by atoms with Crippen LogP contribution in [0.5, 0.6) is 0 Å². The van der Waals surface area contributed by atoms with Gasteiger partial charge in [-0.1, -0.05) is 11.6 Å². The Morgan fingerprint density at radius 3 is 2.64 bits per heavy atom. The summed E-state index contributed by atoms with van der Waals surface area (Å²) < 4.78 is 9.04. The van der Waals surface area contributed by atoms with Gasteiger partial charge in [0, 0.05) is 26.2 Å². The van der Waals surface area contributed by atoms with Crippen molar-refractivity contribution >= 4 is 17.3 Å². The first-order valence-corrected chi connectivity index (χ1v) is 7.15. The van der Waals surface area contributed by atoms with Crippen molar-refractivity contribution in [2.45, 2.75) is 26.8 Å². The van der Waals surface area contributed by atoms with Crippen LogP contribution in [0.3, 0.4) is 0 Å². The number of nitrogens with two attached hydrogens (primary N) is 1. The van der Waals surface area contributed by atoms with E-state index in [0.29, 0.717) is 41.2 Å². The highest BCUT2D eigenvalue weighted by Gasteiger charge is 2.16. The molecule has 0 amide bonds. The van der Waals surface area contributed by atoms with Gasteiger partial charge in [0.15, 0.2) is 5.69 Å². The second kappa shape index (κ2) is 5.45. The topological polar surface area (TPSA) is 101 Å². The molecule has 2 N–H and O–H groups in total. The van der Waals surface area contributed by atoms with Gasteiger partial charge < -0.3 is 10.2 Å². The first-order valence-electron chi connectivity index (χ1n) is 6.77. The molecule has 0 aliphatic heterocycles. The average molecular weight is 322 g/mol. The molecule has 0 saturated carbocycles. The van der Waals surface area contributed by atoms with Crippen molar-refractivity contribution in [1.82, 2.24) is 29.8 Å². The number of rotatable bonds is 4. The van der Waals surface area contributed by atoms with E-state index in [-0.39, 0.29) is 0 Å². The van der Waals surface area contributed by atoms with Crippen LogP contribution < -0.4 is 5.73 Å². The monoisotopic (exact) mass is 321 g/mol. The number of halogens is 1. The van der Waals surface area contributed by atoms with Gasteiger partial charge in [0.05, 0.1) is 22.1 Å². The molecule has 0 atom stereocenters. The van der Waals surface area contributed by atoms with E-state index < -0.39 is 0 Å². The molecule has 3 aromatic heterocycles. The summed E-state index contributed by atoms with van der Waals surface area (Å²) in [5.74, 6) is 0.822. The van der Waals surface area contributed by atoms with Gasteiger partial charge in [-0.2, -0.15) is 10.2 Å². The Hall–Kier alpha value is -2.35. The SMILES string of the molecule is Cc1nn(CCc2nnc(-c3nn(C)cc3N)o2)c(C)c1Cl. The highest BCUT2D eigenvalue weighted by Crippen LogP contribution is 2.23. The van der Waals surface area contributed by atoms with Crippen molar-refractivity contribution in [3.63, 3.8) is 0 Å².